The van der Waals surface area contributed by atoms with Gasteiger partial charge in [0.05, 0.1) is 4.90 Å². The van der Waals surface area contributed by atoms with Gasteiger partial charge < -0.3 is 5.32 Å². The van der Waals surface area contributed by atoms with Gasteiger partial charge in [0.2, 0.25) is 10.0 Å². The number of rotatable bonds is 3. The van der Waals surface area contributed by atoms with Crippen LogP contribution >= 0.6 is 15.9 Å². The number of aryl methyl sites for hydroxylation is 1. The minimum absolute atomic E-state index is 0.391. The number of sulfonamides is 1. The molecule has 2 aliphatic rings. The molecule has 2 fully saturated rings. The lowest BCUT2D eigenvalue weighted by atomic mass is 10.1. The minimum Gasteiger partial charge on any atom is -0.314 e. The molecular weight excluding hydrogens is 354 g/mol. The van der Waals surface area contributed by atoms with Crippen molar-refractivity contribution in [2.24, 2.45) is 0 Å². The van der Waals surface area contributed by atoms with Gasteiger partial charge in [0.1, 0.15) is 0 Å². The molecule has 116 valence electrons. The molecule has 2 heterocycles. The van der Waals surface area contributed by atoms with Crippen LogP contribution in [0.1, 0.15) is 5.56 Å². The molecule has 1 N–H and O–H groups in total. The average molecular weight is 374 g/mol. The highest BCUT2D eigenvalue weighted by Crippen LogP contribution is 2.23. The third-order valence-electron chi connectivity index (χ3n) is 4.32. The molecule has 0 atom stereocenters. The first-order chi connectivity index (χ1) is 9.98. The largest absolute Gasteiger partial charge is 0.314 e. The van der Waals surface area contributed by atoms with Gasteiger partial charge in [-0.05, 0) is 30.7 Å². The lowest BCUT2D eigenvalue weighted by Gasteiger charge is -2.42. The molecule has 0 amide bonds. The second-order valence-electron chi connectivity index (χ2n) is 5.66. The SMILES string of the molecule is Cc1cc(S(=O)(=O)N2CCN(C3CNC3)CC2)ccc1Br. The minimum atomic E-state index is -3.37. The van der Waals surface area contributed by atoms with Crippen molar-refractivity contribution in [2.45, 2.75) is 17.9 Å². The van der Waals surface area contributed by atoms with Crippen molar-refractivity contribution in [1.29, 1.82) is 0 Å². The Labute approximate surface area is 134 Å². The molecule has 0 bridgehead atoms. The van der Waals surface area contributed by atoms with Gasteiger partial charge in [-0.15, -0.1) is 0 Å². The quantitative estimate of drug-likeness (QED) is 0.859. The zero-order valence-corrected chi connectivity index (χ0v) is 14.5. The number of hydrogen-bond acceptors (Lipinski definition) is 4. The van der Waals surface area contributed by atoms with E-state index >= 15 is 0 Å². The van der Waals surface area contributed by atoms with Crippen LogP contribution in [0.3, 0.4) is 0 Å². The number of nitrogens with zero attached hydrogens (tertiary/aromatic N) is 2. The number of nitrogens with one attached hydrogen (secondary N) is 1. The lowest BCUT2D eigenvalue weighted by Crippen LogP contribution is -2.62. The fraction of sp³-hybridized carbons (Fsp3) is 0.571. The van der Waals surface area contributed by atoms with Gasteiger partial charge in [-0.3, -0.25) is 4.90 Å². The van der Waals surface area contributed by atoms with Crippen molar-refractivity contribution >= 4 is 26.0 Å². The monoisotopic (exact) mass is 373 g/mol. The van der Waals surface area contributed by atoms with Crippen LogP contribution in [0.15, 0.2) is 27.6 Å². The smallest absolute Gasteiger partial charge is 0.243 e. The van der Waals surface area contributed by atoms with Gasteiger partial charge in [0.15, 0.2) is 0 Å². The second kappa shape index (κ2) is 5.96. The van der Waals surface area contributed by atoms with E-state index in [1.807, 2.05) is 6.92 Å². The van der Waals surface area contributed by atoms with E-state index < -0.39 is 10.0 Å². The molecule has 0 aromatic heterocycles. The molecular formula is C14H20BrN3O2S. The van der Waals surface area contributed by atoms with E-state index in [2.05, 4.69) is 26.1 Å². The average Bonchev–Trinajstić information content (AvgIpc) is 2.40. The molecule has 3 rings (SSSR count). The summed E-state index contributed by atoms with van der Waals surface area (Å²) < 4.78 is 27.9. The zero-order valence-electron chi connectivity index (χ0n) is 12.0. The van der Waals surface area contributed by atoms with Gasteiger partial charge in [0.25, 0.3) is 0 Å². The van der Waals surface area contributed by atoms with Crippen LogP contribution in [0.4, 0.5) is 0 Å². The molecule has 1 aromatic rings. The Morgan fingerprint density at radius 2 is 1.86 bits per heavy atom. The Bertz CT molecular complexity index is 623. The van der Waals surface area contributed by atoms with E-state index in [4.69, 9.17) is 0 Å². The summed E-state index contributed by atoms with van der Waals surface area (Å²) in [4.78, 5) is 2.77. The Balaban J connectivity index is 1.72. The predicted molar refractivity (Wildman–Crippen MR) is 85.9 cm³/mol. The molecule has 0 unspecified atom stereocenters. The second-order valence-corrected chi connectivity index (χ2v) is 8.46. The van der Waals surface area contributed by atoms with Crippen LogP contribution in [0.25, 0.3) is 0 Å². The molecule has 0 saturated carbocycles. The zero-order chi connectivity index (χ0) is 15.0. The van der Waals surface area contributed by atoms with E-state index in [9.17, 15) is 8.42 Å². The highest BCUT2D eigenvalue weighted by molar-refractivity contribution is 9.10. The maximum atomic E-state index is 12.7. The maximum Gasteiger partial charge on any atom is 0.243 e. The summed E-state index contributed by atoms with van der Waals surface area (Å²) in [6.07, 6.45) is 0. The number of halogens is 1. The van der Waals surface area contributed by atoms with Gasteiger partial charge in [-0.25, -0.2) is 8.42 Å². The van der Waals surface area contributed by atoms with Crippen LogP contribution in [-0.2, 0) is 10.0 Å². The molecule has 2 saturated heterocycles. The van der Waals surface area contributed by atoms with Crippen molar-refractivity contribution in [3.05, 3.63) is 28.2 Å². The van der Waals surface area contributed by atoms with E-state index in [-0.39, 0.29) is 0 Å². The first kappa shape index (κ1) is 15.4. The Morgan fingerprint density at radius 3 is 2.38 bits per heavy atom. The van der Waals surface area contributed by atoms with E-state index in [1.54, 1.807) is 22.5 Å². The Kier molecular flexibility index (Phi) is 4.38. The van der Waals surface area contributed by atoms with Crippen molar-refractivity contribution in [3.63, 3.8) is 0 Å². The van der Waals surface area contributed by atoms with Gasteiger partial charge in [0, 0.05) is 49.8 Å². The predicted octanol–water partition coefficient (Wildman–Crippen LogP) is 1.04. The first-order valence-corrected chi connectivity index (χ1v) is 9.43. The van der Waals surface area contributed by atoms with Gasteiger partial charge >= 0.3 is 0 Å². The third-order valence-corrected chi connectivity index (χ3v) is 7.10. The third kappa shape index (κ3) is 3.03. The lowest BCUT2D eigenvalue weighted by molar-refractivity contribution is 0.103. The highest BCUT2D eigenvalue weighted by Gasteiger charge is 2.32. The van der Waals surface area contributed by atoms with Crippen LogP contribution in [0, 0.1) is 6.92 Å². The molecule has 21 heavy (non-hydrogen) atoms. The van der Waals surface area contributed by atoms with E-state index in [0.717, 1.165) is 36.2 Å². The van der Waals surface area contributed by atoms with Crippen LogP contribution in [-0.4, -0.2) is 62.9 Å². The number of benzene rings is 1. The summed E-state index contributed by atoms with van der Waals surface area (Å²) in [6.45, 7) is 6.76. The standard InChI is InChI=1S/C14H20BrN3O2S/c1-11-8-13(2-3-14(11)15)21(19,20)18-6-4-17(5-7-18)12-9-16-10-12/h2-3,8,12,16H,4-7,9-10H2,1H3. The summed E-state index contributed by atoms with van der Waals surface area (Å²) >= 11 is 3.41. The van der Waals surface area contributed by atoms with Crippen LogP contribution < -0.4 is 5.32 Å². The molecule has 7 heteroatoms. The van der Waals surface area contributed by atoms with Gasteiger partial charge in [-0.2, -0.15) is 4.31 Å². The normalized spacial score (nSPS) is 22.2. The first-order valence-electron chi connectivity index (χ1n) is 7.19. The molecule has 0 spiro atoms. The van der Waals surface area contributed by atoms with E-state index in [0.29, 0.717) is 24.0 Å². The van der Waals surface area contributed by atoms with Gasteiger partial charge in [-0.1, -0.05) is 15.9 Å². The fourth-order valence-corrected chi connectivity index (χ4v) is 4.52. The topological polar surface area (TPSA) is 52.7 Å². The summed E-state index contributed by atoms with van der Waals surface area (Å²) in [6, 6.07) is 5.80. The van der Waals surface area contributed by atoms with Crippen LogP contribution in [0.2, 0.25) is 0 Å². The summed E-state index contributed by atoms with van der Waals surface area (Å²) in [7, 11) is -3.37. The summed E-state index contributed by atoms with van der Waals surface area (Å²) in [5, 5.41) is 3.26. The maximum absolute atomic E-state index is 12.7. The van der Waals surface area contributed by atoms with Crippen molar-refractivity contribution in [3.8, 4) is 0 Å². The molecule has 0 radical (unpaired) electrons. The summed E-state index contributed by atoms with van der Waals surface area (Å²) in [5.74, 6) is 0. The van der Waals surface area contributed by atoms with Crippen molar-refractivity contribution in [2.75, 3.05) is 39.3 Å². The molecule has 5 nitrogen and oxygen atoms in total. The van der Waals surface area contributed by atoms with Crippen LogP contribution in [0.5, 0.6) is 0 Å². The Morgan fingerprint density at radius 1 is 1.19 bits per heavy atom. The number of hydrogen-bond donors (Lipinski definition) is 1. The van der Waals surface area contributed by atoms with E-state index in [1.165, 1.54) is 0 Å². The Hall–Kier alpha value is -0.470. The van der Waals surface area contributed by atoms with Crippen molar-refractivity contribution < 1.29 is 8.42 Å². The molecule has 0 aliphatic carbocycles. The summed E-state index contributed by atoms with van der Waals surface area (Å²) in [5.41, 5.74) is 0.940. The van der Waals surface area contributed by atoms with Crippen molar-refractivity contribution in [1.82, 2.24) is 14.5 Å². The molecule has 2 aliphatic heterocycles. The highest BCUT2D eigenvalue weighted by atomic mass is 79.9. The fourth-order valence-electron chi connectivity index (χ4n) is 2.77. The number of piperazine rings is 1. The molecule has 1 aromatic carbocycles.